The maximum Gasteiger partial charge on any atom is 0.227 e. The molecule has 2 aromatic carbocycles. The molecule has 1 saturated heterocycles. The lowest BCUT2D eigenvalue weighted by atomic mass is 9.95. The van der Waals surface area contributed by atoms with Crippen molar-refractivity contribution in [2.75, 3.05) is 13.1 Å². The van der Waals surface area contributed by atoms with E-state index in [-0.39, 0.29) is 47.3 Å². The maximum absolute atomic E-state index is 13.8. The fourth-order valence-electron chi connectivity index (χ4n) is 3.05. The summed E-state index contributed by atoms with van der Waals surface area (Å²) in [5.74, 6) is -0.490. The van der Waals surface area contributed by atoms with E-state index in [1.54, 1.807) is 11.0 Å². The molecule has 6 heteroatoms. The lowest BCUT2D eigenvalue weighted by Crippen LogP contribution is -2.33. The van der Waals surface area contributed by atoms with Gasteiger partial charge in [-0.3, -0.25) is 4.79 Å². The summed E-state index contributed by atoms with van der Waals surface area (Å²) in [4.78, 5) is 14.2. The van der Waals surface area contributed by atoms with Gasteiger partial charge in [-0.15, -0.1) is 12.4 Å². The summed E-state index contributed by atoms with van der Waals surface area (Å²) in [6.07, 6.45) is -0.0419. The van der Waals surface area contributed by atoms with E-state index in [0.29, 0.717) is 13.1 Å². The smallest absolute Gasteiger partial charge is 0.227 e. The molecule has 0 saturated carbocycles. The Balaban J connectivity index is 0.00000208. The van der Waals surface area contributed by atoms with Crippen LogP contribution in [-0.4, -0.2) is 29.9 Å². The second-order valence-electron chi connectivity index (χ2n) is 5.86. The van der Waals surface area contributed by atoms with E-state index in [1.807, 2.05) is 30.3 Å². The summed E-state index contributed by atoms with van der Waals surface area (Å²) in [5.41, 5.74) is 7.57. The van der Waals surface area contributed by atoms with Gasteiger partial charge in [-0.1, -0.05) is 48.0 Å². The minimum atomic E-state index is -0.450. The van der Waals surface area contributed by atoms with Gasteiger partial charge in [0.05, 0.1) is 6.42 Å². The molecular weight excluding hydrogens is 350 g/mol. The summed E-state index contributed by atoms with van der Waals surface area (Å²) in [7, 11) is 0. The van der Waals surface area contributed by atoms with Crippen LogP contribution in [0.2, 0.25) is 5.02 Å². The maximum atomic E-state index is 13.8. The van der Waals surface area contributed by atoms with Gasteiger partial charge in [-0.05, 0) is 17.7 Å². The Bertz CT molecular complexity index is 691. The quantitative estimate of drug-likeness (QED) is 0.902. The minimum absolute atomic E-state index is 0. The van der Waals surface area contributed by atoms with Crippen molar-refractivity contribution in [1.29, 1.82) is 0 Å². The van der Waals surface area contributed by atoms with Crippen LogP contribution in [-0.2, 0) is 11.2 Å². The molecule has 0 spiro atoms. The average molecular weight is 369 g/mol. The van der Waals surface area contributed by atoms with Crippen molar-refractivity contribution in [3.05, 3.63) is 70.5 Å². The van der Waals surface area contributed by atoms with Crippen LogP contribution in [0.4, 0.5) is 4.39 Å². The first-order valence-corrected chi connectivity index (χ1v) is 7.95. The summed E-state index contributed by atoms with van der Waals surface area (Å²) >= 11 is 6.00. The minimum Gasteiger partial charge on any atom is -0.340 e. The number of carbonyl (C=O) groups is 1. The van der Waals surface area contributed by atoms with Crippen molar-refractivity contribution in [2.45, 2.75) is 18.4 Å². The largest absolute Gasteiger partial charge is 0.340 e. The number of hydrogen-bond acceptors (Lipinski definition) is 2. The molecule has 1 fully saturated rings. The van der Waals surface area contributed by atoms with E-state index in [0.717, 1.165) is 5.56 Å². The number of amides is 1. The molecule has 24 heavy (non-hydrogen) atoms. The monoisotopic (exact) mass is 368 g/mol. The van der Waals surface area contributed by atoms with Gasteiger partial charge in [0.2, 0.25) is 5.91 Å². The van der Waals surface area contributed by atoms with Gasteiger partial charge in [-0.25, -0.2) is 4.39 Å². The normalized spacial score (nSPS) is 19.9. The number of likely N-dealkylation sites (tertiary alicyclic amines) is 1. The molecule has 128 valence electrons. The van der Waals surface area contributed by atoms with Crippen LogP contribution in [0.25, 0.3) is 0 Å². The fraction of sp³-hybridized carbons (Fsp3) is 0.278. The number of rotatable bonds is 3. The number of nitrogens with zero attached hydrogens (tertiary/aromatic N) is 1. The lowest BCUT2D eigenvalue weighted by Gasteiger charge is -2.17. The van der Waals surface area contributed by atoms with E-state index in [2.05, 4.69) is 0 Å². The molecule has 0 aliphatic carbocycles. The second-order valence-corrected chi connectivity index (χ2v) is 6.26. The third kappa shape index (κ3) is 3.89. The molecule has 1 aliphatic heterocycles. The molecule has 0 radical (unpaired) electrons. The van der Waals surface area contributed by atoms with Gasteiger partial charge < -0.3 is 10.6 Å². The zero-order valence-electron chi connectivity index (χ0n) is 13.0. The van der Waals surface area contributed by atoms with Crippen LogP contribution >= 0.6 is 24.0 Å². The molecule has 0 unspecified atom stereocenters. The third-order valence-electron chi connectivity index (χ3n) is 4.34. The first-order valence-electron chi connectivity index (χ1n) is 7.57. The first kappa shape index (κ1) is 18.7. The Morgan fingerprint density at radius 3 is 2.54 bits per heavy atom. The molecule has 3 rings (SSSR count). The molecule has 1 heterocycles. The van der Waals surface area contributed by atoms with Crippen LogP contribution in [0.5, 0.6) is 0 Å². The van der Waals surface area contributed by atoms with E-state index in [4.69, 9.17) is 17.3 Å². The summed E-state index contributed by atoms with van der Waals surface area (Å²) in [6.45, 7) is 1.03. The average Bonchev–Trinajstić information content (AvgIpc) is 2.94. The van der Waals surface area contributed by atoms with Gasteiger partial charge in [0, 0.05) is 35.6 Å². The van der Waals surface area contributed by atoms with Crippen LogP contribution in [0.15, 0.2) is 48.5 Å². The molecule has 1 amide bonds. The second kappa shape index (κ2) is 7.97. The fourth-order valence-corrected chi connectivity index (χ4v) is 3.28. The van der Waals surface area contributed by atoms with Crippen LogP contribution in [0, 0.1) is 5.82 Å². The number of hydrogen-bond donors (Lipinski definition) is 1. The highest BCUT2D eigenvalue weighted by Crippen LogP contribution is 2.27. The van der Waals surface area contributed by atoms with Gasteiger partial charge >= 0.3 is 0 Å². The summed E-state index contributed by atoms with van der Waals surface area (Å²) in [5, 5.41) is 0.279. The van der Waals surface area contributed by atoms with Crippen molar-refractivity contribution < 1.29 is 9.18 Å². The van der Waals surface area contributed by atoms with Crippen molar-refractivity contribution in [3.8, 4) is 0 Å². The highest BCUT2D eigenvalue weighted by atomic mass is 35.5. The standard InChI is InChI=1S/C18H18ClFN2O.ClH/c19-15-7-4-8-16(20)13(15)9-18(23)22-10-14(17(21)11-22)12-5-2-1-3-6-12;/h1-8,14,17H,9-11,21H2;1H/t14-,17+;/m0./s1. The Morgan fingerprint density at radius 2 is 1.88 bits per heavy atom. The number of benzene rings is 2. The van der Waals surface area contributed by atoms with Gasteiger partial charge in [0.15, 0.2) is 0 Å². The first-order chi connectivity index (χ1) is 11.1. The number of halogens is 3. The molecule has 1 aliphatic rings. The van der Waals surface area contributed by atoms with Gasteiger partial charge in [0.25, 0.3) is 0 Å². The third-order valence-corrected chi connectivity index (χ3v) is 4.69. The van der Waals surface area contributed by atoms with Crippen molar-refractivity contribution >= 4 is 29.9 Å². The molecular formula is C18H19Cl2FN2O. The number of nitrogens with two attached hydrogens (primary N) is 1. The van der Waals surface area contributed by atoms with Gasteiger partial charge in [0.1, 0.15) is 5.82 Å². The van der Waals surface area contributed by atoms with Crippen molar-refractivity contribution in [3.63, 3.8) is 0 Å². The SMILES string of the molecule is Cl.N[C@@H]1CN(C(=O)Cc2c(F)cccc2Cl)C[C@H]1c1ccccc1. The van der Waals surface area contributed by atoms with Crippen molar-refractivity contribution in [2.24, 2.45) is 5.73 Å². The number of carbonyl (C=O) groups excluding carboxylic acids is 1. The Kier molecular flexibility index (Phi) is 6.21. The Hall–Kier alpha value is -1.62. The van der Waals surface area contributed by atoms with E-state index < -0.39 is 5.82 Å². The molecule has 3 nitrogen and oxygen atoms in total. The summed E-state index contributed by atoms with van der Waals surface area (Å²) in [6, 6.07) is 14.2. The molecule has 2 atom stereocenters. The van der Waals surface area contributed by atoms with Crippen LogP contribution < -0.4 is 5.73 Å². The van der Waals surface area contributed by atoms with Gasteiger partial charge in [-0.2, -0.15) is 0 Å². The topological polar surface area (TPSA) is 46.3 Å². The van der Waals surface area contributed by atoms with Crippen molar-refractivity contribution in [1.82, 2.24) is 4.90 Å². The van der Waals surface area contributed by atoms with Crippen LogP contribution in [0.3, 0.4) is 0 Å². The molecule has 2 aromatic rings. The van der Waals surface area contributed by atoms with E-state index in [1.165, 1.54) is 12.1 Å². The molecule has 0 aromatic heterocycles. The lowest BCUT2D eigenvalue weighted by molar-refractivity contribution is -0.129. The Labute approximate surface area is 152 Å². The highest BCUT2D eigenvalue weighted by molar-refractivity contribution is 6.31. The molecule has 0 bridgehead atoms. The zero-order chi connectivity index (χ0) is 16.4. The van der Waals surface area contributed by atoms with Crippen LogP contribution in [0.1, 0.15) is 17.0 Å². The Morgan fingerprint density at radius 1 is 1.17 bits per heavy atom. The van der Waals surface area contributed by atoms with E-state index in [9.17, 15) is 9.18 Å². The predicted octanol–water partition coefficient (Wildman–Crippen LogP) is 3.40. The highest BCUT2D eigenvalue weighted by Gasteiger charge is 2.34. The zero-order valence-corrected chi connectivity index (χ0v) is 14.6. The molecule has 2 N–H and O–H groups in total. The summed E-state index contributed by atoms with van der Waals surface area (Å²) < 4.78 is 13.8. The van der Waals surface area contributed by atoms with E-state index >= 15 is 0 Å². The predicted molar refractivity (Wildman–Crippen MR) is 96.1 cm³/mol.